The molecule has 1 aliphatic rings. The molecule has 2 atom stereocenters. The van der Waals surface area contributed by atoms with Gasteiger partial charge in [0.1, 0.15) is 6.04 Å². The Morgan fingerprint density at radius 2 is 2.29 bits per heavy atom. The Balaban J connectivity index is 2.12. The lowest BCUT2D eigenvalue weighted by Crippen LogP contribution is -2.50. The highest BCUT2D eigenvalue weighted by atomic mass is 32.2. The van der Waals surface area contributed by atoms with Gasteiger partial charge in [-0.05, 0) is 13.3 Å². The van der Waals surface area contributed by atoms with Crippen molar-refractivity contribution in [2.45, 2.75) is 38.2 Å². The fourth-order valence-corrected chi connectivity index (χ4v) is 4.45. The lowest BCUT2D eigenvalue weighted by molar-refractivity contribution is -0.141. The molecule has 1 N–H and O–H groups in total. The van der Waals surface area contributed by atoms with E-state index in [2.05, 4.69) is 4.98 Å². The molecule has 1 aromatic heterocycles. The molecule has 0 aliphatic carbocycles. The fraction of sp³-hybridized carbons (Fsp3) is 0.615. The average molecular weight is 329 g/mol. The van der Waals surface area contributed by atoms with E-state index in [-0.39, 0.29) is 11.4 Å². The van der Waals surface area contributed by atoms with Gasteiger partial charge < -0.3 is 10.0 Å². The van der Waals surface area contributed by atoms with Gasteiger partial charge in [0.05, 0.1) is 23.1 Å². The first-order valence-electron chi connectivity index (χ1n) is 6.72. The van der Waals surface area contributed by atoms with Crippen LogP contribution >= 0.6 is 23.1 Å². The number of urea groups is 1. The summed E-state index contributed by atoms with van der Waals surface area (Å²) in [4.78, 5) is 32.2. The average Bonchev–Trinajstić information content (AvgIpc) is 3.04. The van der Waals surface area contributed by atoms with E-state index in [1.807, 2.05) is 13.8 Å². The zero-order valence-corrected chi connectivity index (χ0v) is 13.9. The number of hydrogen-bond donors (Lipinski definition) is 1. The monoisotopic (exact) mass is 329 g/mol. The Morgan fingerprint density at radius 1 is 1.57 bits per heavy atom. The number of aromatic nitrogens is 1. The summed E-state index contributed by atoms with van der Waals surface area (Å²) in [5.41, 5.74) is 2.67. The van der Waals surface area contributed by atoms with Gasteiger partial charge in [0, 0.05) is 17.7 Å². The molecule has 1 aliphatic heterocycles. The number of carbonyl (C=O) groups is 2. The van der Waals surface area contributed by atoms with E-state index < -0.39 is 12.0 Å². The van der Waals surface area contributed by atoms with Gasteiger partial charge in [-0.2, -0.15) is 0 Å². The lowest BCUT2D eigenvalue weighted by Gasteiger charge is -2.31. The molecule has 2 rings (SSSR count). The van der Waals surface area contributed by atoms with Gasteiger partial charge in [-0.1, -0.05) is 6.92 Å². The number of amides is 2. The summed E-state index contributed by atoms with van der Waals surface area (Å²) in [6.45, 7) is 4.33. The molecule has 116 valence electrons. The first-order chi connectivity index (χ1) is 9.95. The third kappa shape index (κ3) is 3.32. The van der Waals surface area contributed by atoms with Crippen LogP contribution in [0.1, 0.15) is 23.9 Å². The number of aliphatic carboxylic acids is 1. The second-order valence-corrected chi connectivity index (χ2v) is 7.11. The highest BCUT2D eigenvalue weighted by Gasteiger charge is 2.41. The van der Waals surface area contributed by atoms with Crippen molar-refractivity contribution in [1.82, 2.24) is 14.8 Å². The van der Waals surface area contributed by atoms with E-state index in [1.54, 1.807) is 17.5 Å². The highest BCUT2D eigenvalue weighted by molar-refractivity contribution is 8.00. The standard InChI is InChI=1S/C13H19N3O3S2/c1-4-11-16(9(6-20-11)12(17)18)13(19)15(3)5-10-8(2)14-7-21-10/h7,9,11H,4-6H2,1-3H3,(H,17,18). The van der Waals surface area contributed by atoms with Gasteiger partial charge in [-0.25, -0.2) is 14.6 Å². The molecule has 1 fully saturated rings. The van der Waals surface area contributed by atoms with Crippen LogP contribution in [0.25, 0.3) is 0 Å². The summed E-state index contributed by atoms with van der Waals surface area (Å²) in [6.07, 6.45) is 0.744. The van der Waals surface area contributed by atoms with E-state index in [4.69, 9.17) is 0 Å². The predicted octanol–water partition coefficient (Wildman–Crippen LogP) is 2.24. The number of hydrogen-bond acceptors (Lipinski definition) is 5. The second-order valence-electron chi connectivity index (χ2n) is 4.96. The van der Waals surface area contributed by atoms with Gasteiger partial charge in [0.25, 0.3) is 0 Å². The number of nitrogens with zero attached hydrogens (tertiary/aromatic N) is 3. The maximum absolute atomic E-state index is 12.6. The van der Waals surface area contributed by atoms with Gasteiger partial charge in [-0.15, -0.1) is 23.1 Å². The molecule has 2 heterocycles. The van der Waals surface area contributed by atoms with Crippen LogP contribution in [-0.4, -0.2) is 56.1 Å². The summed E-state index contributed by atoms with van der Waals surface area (Å²) < 4.78 is 0. The van der Waals surface area contributed by atoms with Gasteiger partial charge >= 0.3 is 12.0 Å². The van der Waals surface area contributed by atoms with Gasteiger partial charge in [-0.3, -0.25) is 4.90 Å². The number of thiazole rings is 1. The van der Waals surface area contributed by atoms with Crippen molar-refractivity contribution in [1.29, 1.82) is 0 Å². The molecule has 2 unspecified atom stereocenters. The Hall–Kier alpha value is -1.28. The molecule has 1 aromatic rings. The normalized spacial score (nSPS) is 21.6. The first-order valence-corrected chi connectivity index (χ1v) is 8.65. The molecule has 6 nitrogen and oxygen atoms in total. The van der Waals surface area contributed by atoms with Gasteiger partial charge in [0.2, 0.25) is 0 Å². The maximum Gasteiger partial charge on any atom is 0.327 e. The second kappa shape index (κ2) is 6.65. The first kappa shape index (κ1) is 16.1. The summed E-state index contributed by atoms with van der Waals surface area (Å²) in [5.74, 6) is -0.485. The number of carboxylic acid groups (broad SMARTS) is 1. The highest BCUT2D eigenvalue weighted by Crippen LogP contribution is 2.32. The van der Waals surface area contributed by atoms with Gasteiger partial charge in [0.15, 0.2) is 0 Å². The molecule has 1 saturated heterocycles. The number of rotatable bonds is 4. The van der Waals surface area contributed by atoms with Crippen molar-refractivity contribution in [2.75, 3.05) is 12.8 Å². The molecule has 21 heavy (non-hydrogen) atoms. The van der Waals surface area contributed by atoms with Crippen LogP contribution in [0.4, 0.5) is 4.79 Å². The van der Waals surface area contributed by atoms with E-state index in [0.29, 0.717) is 12.3 Å². The molecular weight excluding hydrogens is 310 g/mol. The van der Waals surface area contributed by atoms with Crippen LogP contribution in [0.2, 0.25) is 0 Å². The summed E-state index contributed by atoms with van der Waals surface area (Å²) in [5, 5.41) is 9.23. The van der Waals surface area contributed by atoms with Crippen LogP contribution < -0.4 is 0 Å². The smallest absolute Gasteiger partial charge is 0.327 e. The third-order valence-corrected chi connectivity index (χ3v) is 5.87. The fourth-order valence-electron chi connectivity index (χ4n) is 2.28. The minimum absolute atomic E-state index is 0.0661. The van der Waals surface area contributed by atoms with Crippen LogP contribution in [0, 0.1) is 6.92 Å². The molecular formula is C13H19N3O3S2. The van der Waals surface area contributed by atoms with Crippen molar-refractivity contribution < 1.29 is 14.7 Å². The topological polar surface area (TPSA) is 73.7 Å². The zero-order valence-electron chi connectivity index (χ0n) is 12.3. The zero-order chi connectivity index (χ0) is 15.6. The summed E-state index contributed by atoms with van der Waals surface area (Å²) in [7, 11) is 1.70. The Kier molecular flexibility index (Phi) is 5.10. The van der Waals surface area contributed by atoms with E-state index in [0.717, 1.165) is 17.0 Å². The lowest BCUT2D eigenvalue weighted by atomic mass is 10.2. The largest absolute Gasteiger partial charge is 0.480 e. The molecule has 8 heteroatoms. The molecule has 2 amide bonds. The summed E-state index contributed by atoms with van der Waals surface area (Å²) >= 11 is 3.04. The molecule has 0 aromatic carbocycles. The van der Waals surface area contributed by atoms with E-state index >= 15 is 0 Å². The molecule has 0 radical (unpaired) electrons. The number of thioether (sulfide) groups is 1. The van der Waals surface area contributed by atoms with Crippen LogP contribution in [-0.2, 0) is 11.3 Å². The Bertz CT molecular complexity index is 534. The van der Waals surface area contributed by atoms with Crippen LogP contribution in [0.15, 0.2) is 5.51 Å². The Labute approximate surface area is 132 Å². The van der Waals surface area contributed by atoms with Crippen molar-refractivity contribution in [2.24, 2.45) is 0 Å². The Morgan fingerprint density at radius 3 is 2.81 bits per heavy atom. The number of carbonyl (C=O) groups excluding carboxylic acids is 1. The maximum atomic E-state index is 12.6. The molecule has 0 spiro atoms. The SMILES string of the molecule is CCC1SCC(C(=O)O)N1C(=O)N(C)Cc1scnc1C. The molecule has 0 saturated carbocycles. The molecule has 0 bridgehead atoms. The van der Waals surface area contributed by atoms with Crippen LogP contribution in [0.3, 0.4) is 0 Å². The minimum Gasteiger partial charge on any atom is -0.480 e. The van der Waals surface area contributed by atoms with E-state index in [1.165, 1.54) is 28.0 Å². The number of aryl methyl sites for hydroxylation is 1. The van der Waals surface area contributed by atoms with Crippen LogP contribution in [0.5, 0.6) is 0 Å². The van der Waals surface area contributed by atoms with E-state index in [9.17, 15) is 14.7 Å². The van der Waals surface area contributed by atoms with Crippen molar-refractivity contribution in [3.05, 3.63) is 16.1 Å². The summed E-state index contributed by atoms with van der Waals surface area (Å²) in [6, 6.07) is -0.968. The minimum atomic E-state index is -0.936. The van der Waals surface area contributed by atoms with Crippen molar-refractivity contribution in [3.8, 4) is 0 Å². The third-order valence-electron chi connectivity index (χ3n) is 3.50. The quantitative estimate of drug-likeness (QED) is 0.917. The van der Waals surface area contributed by atoms with Crippen molar-refractivity contribution >= 4 is 35.1 Å². The predicted molar refractivity (Wildman–Crippen MR) is 83.5 cm³/mol. The van der Waals surface area contributed by atoms with Crippen molar-refractivity contribution in [3.63, 3.8) is 0 Å². The number of carboxylic acids is 1.